The van der Waals surface area contributed by atoms with Crippen molar-refractivity contribution in [3.63, 3.8) is 0 Å². The molecular formula is C17H18N4S2. The van der Waals surface area contributed by atoms with Crippen LogP contribution >= 0.6 is 22.7 Å². The summed E-state index contributed by atoms with van der Waals surface area (Å²) in [5, 5.41) is 11.8. The summed E-state index contributed by atoms with van der Waals surface area (Å²) in [7, 11) is 0. The van der Waals surface area contributed by atoms with Crippen molar-refractivity contribution in [3.8, 4) is 0 Å². The molecule has 0 amide bonds. The highest BCUT2D eigenvalue weighted by Gasteiger charge is 2.01. The van der Waals surface area contributed by atoms with Gasteiger partial charge in [0.25, 0.3) is 0 Å². The highest BCUT2D eigenvalue weighted by atomic mass is 32.1. The summed E-state index contributed by atoms with van der Waals surface area (Å²) in [6, 6.07) is 8.26. The third-order valence-electron chi connectivity index (χ3n) is 3.11. The highest BCUT2D eigenvalue weighted by molar-refractivity contribution is 7.11. The second kappa shape index (κ2) is 8.45. The predicted octanol–water partition coefficient (Wildman–Crippen LogP) is 3.83. The second-order valence-corrected chi connectivity index (χ2v) is 6.82. The lowest BCUT2D eigenvalue weighted by Crippen LogP contribution is -2.38. The molecule has 0 aromatic carbocycles. The molecule has 4 nitrogen and oxygen atoms in total. The molecule has 0 fully saturated rings. The Balaban J connectivity index is 1.73. The van der Waals surface area contributed by atoms with E-state index in [0.717, 1.165) is 31.2 Å². The summed E-state index contributed by atoms with van der Waals surface area (Å²) < 4.78 is 0. The van der Waals surface area contributed by atoms with Crippen LogP contribution in [0.1, 0.15) is 16.2 Å². The average molecular weight is 342 g/mol. The van der Waals surface area contributed by atoms with Crippen molar-refractivity contribution in [1.82, 2.24) is 10.7 Å². The van der Waals surface area contributed by atoms with Crippen molar-refractivity contribution in [2.45, 2.75) is 6.42 Å². The van der Waals surface area contributed by atoms with E-state index < -0.39 is 0 Å². The number of rotatable bonds is 5. The molecule has 2 aromatic rings. The fraction of sp³-hybridized carbons (Fsp3) is 0.176. The van der Waals surface area contributed by atoms with E-state index in [1.165, 1.54) is 9.75 Å². The lowest BCUT2D eigenvalue weighted by atomic mass is 10.2. The van der Waals surface area contributed by atoms with Gasteiger partial charge in [-0.3, -0.25) is 4.99 Å². The van der Waals surface area contributed by atoms with Crippen LogP contribution in [-0.4, -0.2) is 24.8 Å². The molecule has 1 aliphatic rings. The molecule has 0 unspecified atom stereocenters. The largest absolute Gasteiger partial charge is 0.355 e. The fourth-order valence-corrected chi connectivity index (χ4v) is 3.20. The molecule has 0 atom stereocenters. The second-order valence-electron chi connectivity index (χ2n) is 4.86. The third-order valence-corrected chi connectivity index (χ3v) is 4.79. The minimum atomic E-state index is 0.739. The number of nitrogens with zero attached hydrogens (tertiary/aromatic N) is 2. The number of hydrogen-bond donors (Lipinski definition) is 2. The zero-order valence-electron chi connectivity index (χ0n) is 12.6. The summed E-state index contributed by atoms with van der Waals surface area (Å²) in [6.07, 6.45) is 9.22. The van der Waals surface area contributed by atoms with Crippen molar-refractivity contribution in [1.29, 1.82) is 0 Å². The molecule has 23 heavy (non-hydrogen) atoms. The molecule has 0 radical (unpaired) electrons. The molecular weight excluding hydrogens is 324 g/mol. The maximum atomic E-state index is 4.46. The third kappa shape index (κ3) is 5.19. The van der Waals surface area contributed by atoms with E-state index in [1.54, 1.807) is 22.7 Å². The Morgan fingerprint density at radius 1 is 1.13 bits per heavy atom. The standard InChI is InChI=1S/C17H18N4S2/c1-4-15(22-12-1)8-6-14(7-9-16-5-2-13-23-16)20-21-17-18-10-3-11-19-17/h1-2,4-9,12-13H,3,10-11H2,(H2,18,19,21)/b8-6+,9-7+. The Bertz CT molecular complexity index is 664. The van der Waals surface area contributed by atoms with E-state index >= 15 is 0 Å². The van der Waals surface area contributed by atoms with E-state index in [4.69, 9.17) is 0 Å². The molecule has 0 spiro atoms. The van der Waals surface area contributed by atoms with E-state index in [2.05, 4.69) is 55.9 Å². The number of nitrogens with one attached hydrogen (secondary N) is 2. The van der Waals surface area contributed by atoms with Gasteiger partial charge in [0.1, 0.15) is 0 Å². The van der Waals surface area contributed by atoms with Gasteiger partial charge in [0.05, 0.1) is 5.71 Å². The lowest BCUT2D eigenvalue weighted by molar-refractivity contribution is 0.711. The van der Waals surface area contributed by atoms with Gasteiger partial charge in [-0.2, -0.15) is 5.10 Å². The maximum absolute atomic E-state index is 4.46. The molecule has 0 saturated carbocycles. The molecule has 3 rings (SSSR count). The van der Waals surface area contributed by atoms with E-state index in [9.17, 15) is 0 Å². The maximum Gasteiger partial charge on any atom is 0.212 e. The number of hydrazone groups is 1. The normalized spacial score (nSPS) is 14.7. The van der Waals surface area contributed by atoms with Gasteiger partial charge in [0.2, 0.25) is 5.96 Å². The van der Waals surface area contributed by atoms with Gasteiger partial charge >= 0.3 is 0 Å². The Morgan fingerprint density at radius 2 is 1.83 bits per heavy atom. The van der Waals surface area contributed by atoms with Crippen LogP contribution in [0.15, 0.2) is 57.3 Å². The summed E-state index contributed by atoms with van der Waals surface area (Å²) in [5.41, 5.74) is 3.86. The zero-order valence-corrected chi connectivity index (χ0v) is 14.2. The first-order valence-electron chi connectivity index (χ1n) is 7.45. The van der Waals surface area contributed by atoms with Gasteiger partial charge in [-0.05, 0) is 53.6 Å². The van der Waals surface area contributed by atoms with Crippen molar-refractivity contribution in [3.05, 3.63) is 56.9 Å². The Labute approximate surface area is 144 Å². The minimum absolute atomic E-state index is 0.739. The van der Waals surface area contributed by atoms with Crippen LogP contribution in [0, 0.1) is 0 Å². The van der Waals surface area contributed by atoms with Gasteiger partial charge in [0, 0.05) is 22.8 Å². The highest BCUT2D eigenvalue weighted by Crippen LogP contribution is 2.12. The van der Waals surface area contributed by atoms with Gasteiger partial charge < -0.3 is 5.32 Å². The molecule has 2 aromatic heterocycles. The lowest BCUT2D eigenvalue weighted by Gasteiger charge is -2.13. The fourth-order valence-electron chi connectivity index (χ4n) is 1.96. The van der Waals surface area contributed by atoms with Crippen molar-refractivity contribution < 1.29 is 0 Å². The molecule has 6 heteroatoms. The quantitative estimate of drug-likeness (QED) is 0.641. The van der Waals surface area contributed by atoms with Crippen LogP contribution in [0.5, 0.6) is 0 Å². The molecule has 1 aliphatic heterocycles. The summed E-state index contributed by atoms with van der Waals surface area (Å²) in [5.74, 6) is 0.739. The van der Waals surface area contributed by atoms with Crippen LogP contribution in [0.25, 0.3) is 12.2 Å². The average Bonchev–Trinajstić information content (AvgIpc) is 3.29. The Morgan fingerprint density at radius 3 is 2.35 bits per heavy atom. The molecule has 2 N–H and O–H groups in total. The first kappa shape index (κ1) is 15.7. The molecule has 0 aliphatic carbocycles. The van der Waals surface area contributed by atoms with E-state index in [0.29, 0.717) is 0 Å². The number of aliphatic imine (C=N–C) groups is 1. The summed E-state index contributed by atoms with van der Waals surface area (Å²) in [4.78, 5) is 6.77. The van der Waals surface area contributed by atoms with E-state index in [1.807, 2.05) is 24.3 Å². The van der Waals surface area contributed by atoms with Gasteiger partial charge in [0.15, 0.2) is 0 Å². The van der Waals surface area contributed by atoms with E-state index in [-0.39, 0.29) is 0 Å². The Hall–Kier alpha value is -2.18. The number of thiophene rings is 2. The van der Waals surface area contributed by atoms with Crippen LogP contribution < -0.4 is 10.7 Å². The van der Waals surface area contributed by atoms with Crippen LogP contribution in [0.3, 0.4) is 0 Å². The van der Waals surface area contributed by atoms with Gasteiger partial charge in [-0.1, -0.05) is 12.1 Å². The van der Waals surface area contributed by atoms with Crippen LogP contribution in [0.2, 0.25) is 0 Å². The monoisotopic (exact) mass is 342 g/mol. The van der Waals surface area contributed by atoms with Crippen molar-refractivity contribution in [2.75, 3.05) is 13.1 Å². The van der Waals surface area contributed by atoms with Gasteiger partial charge in [-0.15, -0.1) is 22.7 Å². The number of allylic oxidation sites excluding steroid dienone is 2. The number of guanidine groups is 1. The summed E-state index contributed by atoms with van der Waals surface area (Å²) >= 11 is 3.41. The van der Waals surface area contributed by atoms with Crippen molar-refractivity contribution >= 4 is 46.5 Å². The summed E-state index contributed by atoms with van der Waals surface area (Å²) in [6.45, 7) is 1.78. The van der Waals surface area contributed by atoms with Crippen LogP contribution in [-0.2, 0) is 0 Å². The topological polar surface area (TPSA) is 48.8 Å². The smallest absolute Gasteiger partial charge is 0.212 e. The predicted molar refractivity (Wildman–Crippen MR) is 102 cm³/mol. The zero-order chi connectivity index (χ0) is 15.7. The SMILES string of the molecule is C(=C\c1cccs1)/C(/C=C/c1cccs1)=NNC1=NCCCN1. The number of hydrogen-bond acceptors (Lipinski definition) is 6. The first-order valence-corrected chi connectivity index (χ1v) is 9.21. The molecule has 3 heterocycles. The molecule has 0 saturated heterocycles. The molecule has 0 bridgehead atoms. The Kier molecular flexibility index (Phi) is 5.77. The first-order chi connectivity index (χ1) is 11.4. The molecule has 118 valence electrons. The van der Waals surface area contributed by atoms with Crippen LogP contribution in [0.4, 0.5) is 0 Å². The van der Waals surface area contributed by atoms with Gasteiger partial charge in [-0.25, -0.2) is 5.43 Å². The minimum Gasteiger partial charge on any atom is -0.355 e. The van der Waals surface area contributed by atoms with Crippen molar-refractivity contribution in [2.24, 2.45) is 10.1 Å².